The molecule has 2 nitrogen and oxygen atoms in total. The molecule has 0 saturated heterocycles. The van der Waals surface area contributed by atoms with Gasteiger partial charge in [0.2, 0.25) is 0 Å². The molecule has 0 bridgehead atoms. The summed E-state index contributed by atoms with van der Waals surface area (Å²) in [6.07, 6.45) is 0. The van der Waals surface area contributed by atoms with E-state index in [1.54, 1.807) is 0 Å². The monoisotopic (exact) mass is 348 g/mol. The standard InChI is InChI=1S/C24H32N2/c1-15(2)21(25-23-17(5)11-9-12-18(23)6)22(16(3)4)26-24-19(7)13-10-14-20(24)8/h9-16H,1-8H3. The number of rotatable bonds is 5. The van der Waals surface area contributed by atoms with Crippen LogP contribution in [0.4, 0.5) is 11.4 Å². The number of para-hydroxylation sites is 2. The van der Waals surface area contributed by atoms with Gasteiger partial charge < -0.3 is 0 Å². The highest BCUT2D eigenvalue weighted by Crippen LogP contribution is 2.28. The quantitative estimate of drug-likeness (QED) is 0.516. The van der Waals surface area contributed by atoms with E-state index in [1.165, 1.54) is 22.3 Å². The third-order valence-electron chi connectivity index (χ3n) is 4.70. The SMILES string of the molecule is Cc1cccc(C)c1N=C(C(=Nc1c(C)cccc1C)C(C)C)C(C)C. The Labute approximate surface area is 159 Å². The van der Waals surface area contributed by atoms with E-state index in [0.717, 1.165) is 22.8 Å². The van der Waals surface area contributed by atoms with E-state index in [-0.39, 0.29) is 0 Å². The zero-order chi connectivity index (χ0) is 19.4. The highest BCUT2D eigenvalue weighted by molar-refractivity contribution is 6.44. The minimum atomic E-state index is 0.305. The van der Waals surface area contributed by atoms with Gasteiger partial charge in [-0.1, -0.05) is 64.1 Å². The van der Waals surface area contributed by atoms with Crippen molar-refractivity contribution in [2.75, 3.05) is 0 Å². The first-order valence-corrected chi connectivity index (χ1v) is 9.52. The van der Waals surface area contributed by atoms with Gasteiger partial charge in [0.1, 0.15) is 0 Å². The zero-order valence-electron chi connectivity index (χ0n) is 17.5. The van der Waals surface area contributed by atoms with Gasteiger partial charge in [0.15, 0.2) is 0 Å². The van der Waals surface area contributed by atoms with Gasteiger partial charge in [-0.05, 0) is 61.8 Å². The topological polar surface area (TPSA) is 24.7 Å². The van der Waals surface area contributed by atoms with Crippen LogP contribution in [0.5, 0.6) is 0 Å². The summed E-state index contributed by atoms with van der Waals surface area (Å²) in [5.41, 5.74) is 9.14. The fourth-order valence-electron chi connectivity index (χ4n) is 3.17. The summed E-state index contributed by atoms with van der Waals surface area (Å²) in [6.45, 7) is 17.3. The van der Waals surface area contributed by atoms with Crippen molar-refractivity contribution in [3.05, 3.63) is 58.7 Å². The van der Waals surface area contributed by atoms with E-state index < -0.39 is 0 Å². The third-order valence-corrected chi connectivity index (χ3v) is 4.70. The molecule has 0 N–H and O–H groups in total. The first kappa shape index (κ1) is 20.1. The Morgan fingerprint density at radius 3 is 1.08 bits per heavy atom. The summed E-state index contributed by atoms with van der Waals surface area (Å²) >= 11 is 0. The van der Waals surface area contributed by atoms with Crippen molar-refractivity contribution in [1.82, 2.24) is 0 Å². The van der Waals surface area contributed by atoms with Gasteiger partial charge in [0.25, 0.3) is 0 Å². The van der Waals surface area contributed by atoms with Crippen LogP contribution in [0.2, 0.25) is 0 Å². The molecule has 2 aromatic carbocycles. The molecule has 0 unspecified atom stereocenters. The summed E-state index contributed by atoms with van der Waals surface area (Å²) in [7, 11) is 0. The Balaban J connectivity index is 2.69. The van der Waals surface area contributed by atoms with Crippen molar-refractivity contribution in [2.24, 2.45) is 21.8 Å². The average molecular weight is 349 g/mol. The molecule has 2 heteroatoms. The minimum absolute atomic E-state index is 0.305. The third kappa shape index (κ3) is 4.49. The largest absolute Gasteiger partial charge is 0.251 e. The molecule has 0 aromatic heterocycles. The number of nitrogens with zero attached hydrogens (tertiary/aromatic N) is 2. The Morgan fingerprint density at radius 1 is 0.577 bits per heavy atom. The molecular formula is C24H32N2. The molecule has 26 heavy (non-hydrogen) atoms. The van der Waals surface area contributed by atoms with Crippen molar-refractivity contribution >= 4 is 22.8 Å². The van der Waals surface area contributed by atoms with Crippen LogP contribution in [-0.2, 0) is 0 Å². The molecule has 0 amide bonds. The van der Waals surface area contributed by atoms with Crippen LogP contribution in [0, 0.1) is 39.5 Å². The van der Waals surface area contributed by atoms with E-state index in [2.05, 4.69) is 91.8 Å². The van der Waals surface area contributed by atoms with Crippen molar-refractivity contribution < 1.29 is 0 Å². The predicted octanol–water partition coefficient (Wildman–Crippen LogP) is 7.08. The van der Waals surface area contributed by atoms with Gasteiger partial charge >= 0.3 is 0 Å². The number of aryl methyl sites for hydroxylation is 4. The fourth-order valence-corrected chi connectivity index (χ4v) is 3.17. The van der Waals surface area contributed by atoms with Crippen LogP contribution < -0.4 is 0 Å². The fraction of sp³-hybridized carbons (Fsp3) is 0.417. The van der Waals surface area contributed by atoms with Crippen LogP contribution in [0.25, 0.3) is 0 Å². The second kappa shape index (κ2) is 8.44. The van der Waals surface area contributed by atoms with E-state index in [4.69, 9.17) is 9.98 Å². The Hall–Kier alpha value is -2.22. The van der Waals surface area contributed by atoms with Crippen LogP contribution in [0.3, 0.4) is 0 Å². The van der Waals surface area contributed by atoms with Crippen LogP contribution in [-0.4, -0.2) is 11.4 Å². The van der Waals surface area contributed by atoms with Gasteiger partial charge in [-0.15, -0.1) is 0 Å². The number of benzene rings is 2. The van der Waals surface area contributed by atoms with Crippen molar-refractivity contribution in [1.29, 1.82) is 0 Å². The molecule has 0 aliphatic rings. The summed E-state index contributed by atoms with van der Waals surface area (Å²) in [5.74, 6) is 0.610. The molecule has 0 spiro atoms. The molecular weight excluding hydrogens is 316 g/mol. The van der Waals surface area contributed by atoms with Gasteiger partial charge in [-0.3, -0.25) is 9.98 Å². The number of aliphatic imine (C=N–C) groups is 2. The van der Waals surface area contributed by atoms with Crippen LogP contribution in [0.1, 0.15) is 49.9 Å². The highest BCUT2D eigenvalue weighted by Gasteiger charge is 2.19. The zero-order valence-corrected chi connectivity index (χ0v) is 17.5. The van der Waals surface area contributed by atoms with Crippen molar-refractivity contribution in [2.45, 2.75) is 55.4 Å². The lowest BCUT2D eigenvalue weighted by molar-refractivity contribution is 0.854. The Morgan fingerprint density at radius 2 is 0.846 bits per heavy atom. The maximum absolute atomic E-state index is 5.12. The second-order valence-electron chi connectivity index (χ2n) is 7.78. The average Bonchev–Trinajstić information content (AvgIpc) is 2.55. The molecule has 0 atom stereocenters. The molecule has 0 fully saturated rings. The molecule has 138 valence electrons. The summed E-state index contributed by atoms with van der Waals surface area (Å²) in [4.78, 5) is 10.2. The molecule has 0 heterocycles. The normalized spacial score (nSPS) is 13.0. The molecule has 0 aliphatic carbocycles. The minimum Gasteiger partial charge on any atom is -0.251 e. The van der Waals surface area contributed by atoms with E-state index in [1.807, 2.05) is 0 Å². The first-order chi connectivity index (χ1) is 12.2. The van der Waals surface area contributed by atoms with Crippen molar-refractivity contribution in [3.8, 4) is 0 Å². The van der Waals surface area contributed by atoms with Crippen molar-refractivity contribution in [3.63, 3.8) is 0 Å². The maximum atomic E-state index is 5.12. The molecule has 0 radical (unpaired) electrons. The Bertz CT molecular complexity index is 727. The lowest BCUT2D eigenvalue weighted by Crippen LogP contribution is -2.25. The lowest BCUT2D eigenvalue weighted by atomic mass is 9.94. The van der Waals surface area contributed by atoms with E-state index in [0.29, 0.717) is 11.8 Å². The highest BCUT2D eigenvalue weighted by atomic mass is 14.8. The van der Waals surface area contributed by atoms with Gasteiger partial charge in [0.05, 0.1) is 22.8 Å². The lowest BCUT2D eigenvalue weighted by Gasteiger charge is -2.19. The molecule has 0 saturated carbocycles. The van der Waals surface area contributed by atoms with E-state index >= 15 is 0 Å². The summed E-state index contributed by atoms with van der Waals surface area (Å²) in [5, 5.41) is 0. The second-order valence-corrected chi connectivity index (χ2v) is 7.78. The number of hydrogen-bond donors (Lipinski definition) is 0. The first-order valence-electron chi connectivity index (χ1n) is 9.52. The van der Waals surface area contributed by atoms with Gasteiger partial charge in [-0.25, -0.2) is 0 Å². The predicted molar refractivity (Wildman–Crippen MR) is 116 cm³/mol. The summed E-state index contributed by atoms with van der Waals surface area (Å²) in [6, 6.07) is 12.7. The number of hydrogen-bond acceptors (Lipinski definition) is 2. The summed E-state index contributed by atoms with van der Waals surface area (Å²) < 4.78 is 0. The van der Waals surface area contributed by atoms with E-state index in [9.17, 15) is 0 Å². The van der Waals surface area contributed by atoms with Gasteiger partial charge in [-0.2, -0.15) is 0 Å². The molecule has 2 rings (SSSR count). The van der Waals surface area contributed by atoms with Crippen LogP contribution >= 0.6 is 0 Å². The maximum Gasteiger partial charge on any atom is 0.0692 e. The van der Waals surface area contributed by atoms with Gasteiger partial charge in [0, 0.05) is 0 Å². The Kier molecular flexibility index (Phi) is 6.52. The van der Waals surface area contributed by atoms with Crippen LogP contribution in [0.15, 0.2) is 46.4 Å². The molecule has 2 aromatic rings. The smallest absolute Gasteiger partial charge is 0.0692 e. The molecule has 0 aliphatic heterocycles.